The number of carbonyl (C=O) groups excluding carboxylic acids is 1. The average Bonchev–Trinajstić information content (AvgIpc) is 2.37. The average molecular weight is 284 g/mol. The number of nitriles is 1. The van der Waals surface area contributed by atoms with Crippen molar-refractivity contribution in [3.63, 3.8) is 0 Å². The lowest BCUT2D eigenvalue weighted by Gasteiger charge is -2.13. The molecule has 0 fully saturated rings. The van der Waals surface area contributed by atoms with Gasteiger partial charge in [0.05, 0.1) is 24.5 Å². The summed E-state index contributed by atoms with van der Waals surface area (Å²) in [4.78, 5) is 11.7. The van der Waals surface area contributed by atoms with E-state index in [-0.39, 0.29) is 24.8 Å². The van der Waals surface area contributed by atoms with Crippen LogP contribution in [0.15, 0.2) is 24.3 Å². The lowest BCUT2D eigenvalue weighted by Crippen LogP contribution is -2.35. The van der Waals surface area contributed by atoms with E-state index in [1.54, 1.807) is 0 Å². The highest BCUT2D eigenvalue weighted by Crippen LogP contribution is 2.29. The molecule has 0 saturated carbocycles. The molecule has 0 aliphatic carbocycles. The zero-order valence-electron chi connectivity index (χ0n) is 11.0. The van der Waals surface area contributed by atoms with Gasteiger partial charge in [0.25, 0.3) is 0 Å². The summed E-state index contributed by atoms with van der Waals surface area (Å²) in [7, 11) is 0. The molecule has 0 aromatic heterocycles. The smallest absolute Gasteiger partial charge is 0.352 e. The van der Waals surface area contributed by atoms with Gasteiger partial charge in [-0.05, 0) is 24.1 Å². The second kappa shape index (κ2) is 6.94. The third kappa shape index (κ3) is 4.92. The molecule has 0 heterocycles. The number of carbonyl (C=O) groups is 1. The fourth-order valence-electron chi connectivity index (χ4n) is 1.68. The summed E-state index contributed by atoms with van der Waals surface area (Å²) >= 11 is 0. The van der Waals surface area contributed by atoms with Crippen molar-refractivity contribution in [1.82, 2.24) is 5.32 Å². The molecule has 108 valence electrons. The molecular weight excluding hydrogens is 269 g/mol. The highest BCUT2D eigenvalue weighted by molar-refractivity contribution is 5.78. The first-order valence-corrected chi connectivity index (χ1v) is 6.19. The molecule has 3 nitrogen and oxygen atoms in total. The number of benzene rings is 1. The third-order valence-electron chi connectivity index (χ3n) is 2.84. The van der Waals surface area contributed by atoms with Crippen molar-refractivity contribution < 1.29 is 18.0 Å². The number of nitrogens with zero attached hydrogens (tertiary/aromatic N) is 1. The molecule has 0 bridgehead atoms. The number of rotatable bonds is 5. The first-order valence-electron chi connectivity index (χ1n) is 6.19. The van der Waals surface area contributed by atoms with Gasteiger partial charge in [-0.15, -0.1) is 0 Å². The van der Waals surface area contributed by atoms with Crippen molar-refractivity contribution in [3.8, 4) is 6.07 Å². The van der Waals surface area contributed by atoms with E-state index >= 15 is 0 Å². The maximum absolute atomic E-state index is 12.4. The standard InChI is InChI=1S/C14H15F3N2O/c1-2-12(7-8-18)19-13(20)9-10-3-5-11(6-4-10)14(15,16)17/h3-6,12H,2,7,9H2,1H3,(H,19,20). The topological polar surface area (TPSA) is 52.9 Å². The van der Waals surface area contributed by atoms with Crippen LogP contribution in [-0.2, 0) is 17.4 Å². The predicted molar refractivity (Wildman–Crippen MR) is 67.6 cm³/mol. The van der Waals surface area contributed by atoms with Gasteiger partial charge < -0.3 is 5.32 Å². The second-order valence-electron chi connectivity index (χ2n) is 4.41. The second-order valence-corrected chi connectivity index (χ2v) is 4.41. The van der Waals surface area contributed by atoms with Crippen LogP contribution in [0.4, 0.5) is 13.2 Å². The van der Waals surface area contributed by atoms with Crippen LogP contribution in [0, 0.1) is 11.3 Å². The van der Waals surface area contributed by atoms with E-state index in [1.807, 2.05) is 13.0 Å². The molecule has 0 saturated heterocycles. The normalized spacial score (nSPS) is 12.6. The Labute approximate surface area is 115 Å². The zero-order chi connectivity index (χ0) is 15.2. The minimum absolute atomic E-state index is 0.0000652. The largest absolute Gasteiger partial charge is 0.416 e. The van der Waals surface area contributed by atoms with Gasteiger partial charge in [0.1, 0.15) is 0 Å². The molecule has 6 heteroatoms. The molecule has 1 rings (SSSR count). The molecule has 1 atom stereocenters. The van der Waals surface area contributed by atoms with E-state index in [9.17, 15) is 18.0 Å². The highest BCUT2D eigenvalue weighted by Gasteiger charge is 2.29. The van der Waals surface area contributed by atoms with Crippen molar-refractivity contribution >= 4 is 5.91 Å². The molecule has 0 aliphatic heterocycles. The van der Waals surface area contributed by atoms with Crippen molar-refractivity contribution in [2.24, 2.45) is 0 Å². The Morgan fingerprint density at radius 1 is 1.35 bits per heavy atom. The molecule has 0 spiro atoms. The summed E-state index contributed by atoms with van der Waals surface area (Å²) in [5.74, 6) is -0.299. The van der Waals surface area contributed by atoms with E-state index in [0.717, 1.165) is 12.1 Å². The van der Waals surface area contributed by atoms with Crippen LogP contribution in [0.25, 0.3) is 0 Å². The fourth-order valence-corrected chi connectivity index (χ4v) is 1.68. The van der Waals surface area contributed by atoms with Crippen molar-refractivity contribution in [2.75, 3.05) is 0 Å². The highest BCUT2D eigenvalue weighted by atomic mass is 19.4. The Morgan fingerprint density at radius 2 is 1.95 bits per heavy atom. The number of alkyl halides is 3. The summed E-state index contributed by atoms with van der Waals surface area (Å²) in [5, 5.41) is 11.2. The van der Waals surface area contributed by atoms with Gasteiger partial charge in [0.15, 0.2) is 0 Å². The van der Waals surface area contributed by atoms with Crippen molar-refractivity contribution in [3.05, 3.63) is 35.4 Å². The minimum atomic E-state index is -4.37. The number of hydrogen-bond donors (Lipinski definition) is 1. The molecule has 0 radical (unpaired) electrons. The van der Waals surface area contributed by atoms with Crippen LogP contribution < -0.4 is 5.32 Å². The Kier molecular flexibility index (Phi) is 5.56. The van der Waals surface area contributed by atoms with Gasteiger partial charge in [-0.2, -0.15) is 18.4 Å². The van der Waals surface area contributed by atoms with E-state index in [4.69, 9.17) is 5.26 Å². The lowest BCUT2D eigenvalue weighted by molar-refractivity contribution is -0.137. The zero-order valence-corrected chi connectivity index (χ0v) is 11.0. The van der Waals surface area contributed by atoms with Gasteiger partial charge >= 0.3 is 6.18 Å². The predicted octanol–water partition coefficient (Wildman–Crippen LogP) is 3.06. The molecule has 1 aromatic carbocycles. The number of halogens is 3. The molecule has 0 aliphatic rings. The van der Waals surface area contributed by atoms with Crippen LogP contribution in [0.3, 0.4) is 0 Å². The maximum Gasteiger partial charge on any atom is 0.416 e. The maximum atomic E-state index is 12.4. The monoisotopic (exact) mass is 284 g/mol. The summed E-state index contributed by atoms with van der Waals surface area (Å²) in [6, 6.07) is 6.23. The molecule has 20 heavy (non-hydrogen) atoms. The molecule has 1 amide bonds. The van der Waals surface area contributed by atoms with Gasteiger partial charge in [-0.25, -0.2) is 0 Å². The SMILES string of the molecule is CCC(CC#N)NC(=O)Cc1ccc(C(F)(F)F)cc1. The van der Waals surface area contributed by atoms with E-state index in [0.29, 0.717) is 12.0 Å². The summed E-state index contributed by atoms with van der Waals surface area (Å²) in [6.07, 6.45) is -3.53. The van der Waals surface area contributed by atoms with Gasteiger partial charge in [0, 0.05) is 6.04 Å². The quantitative estimate of drug-likeness (QED) is 0.903. The molecule has 1 aromatic rings. The van der Waals surface area contributed by atoms with Crippen LogP contribution in [0.2, 0.25) is 0 Å². The summed E-state index contributed by atoms with van der Waals surface area (Å²) < 4.78 is 37.1. The molecular formula is C14H15F3N2O. The third-order valence-corrected chi connectivity index (χ3v) is 2.84. The molecule has 1 unspecified atom stereocenters. The summed E-state index contributed by atoms with van der Waals surface area (Å²) in [5.41, 5.74) is -0.236. The van der Waals surface area contributed by atoms with Crippen LogP contribution in [0.1, 0.15) is 30.9 Å². The van der Waals surface area contributed by atoms with Gasteiger partial charge in [-0.1, -0.05) is 19.1 Å². The first-order chi connectivity index (χ1) is 9.36. The van der Waals surface area contributed by atoms with Crippen molar-refractivity contribution in [1.29, 1.82) is 5.26 Å². The lowest BCUT2D eigenvalue weighted by atomic mass is 10.1. The van der Waals surface area contributed by atoms with E-state index < -0.39 is 11.7 Å². The fraction of sp³-hybridized carbons (Fsp3) is 0.429. The van der Waals surface area contributed by atoms with Crippen LogP contribution in [0.5, 0.6) is 0 Å². The van der Waals surface area contributed by atoms with Crippen molar-refractivity contribution in [2.45, 2.75) is 38.4 Å². The van der Waals surface area contributed by atoms with Crippen LogP contribution in [-0.4, -0.2) is 11.9 Å². The molecule has 1 N–H and O–H groups in total. The Morgan fingerprint density at radius 3 is 2.40 bits per heavy atom. The summed E-state index contributed by atoms with van der Waals surface area (Å²) in [6.45, 7) is 1.85. The first kappa shape index (κ1) is 16.0. The Bertz CT molecular complexity index is 489. The number of nitrogens with one attached hydrogen (secondary N) is 1. The number of amides is 1. The Balaban J connectivity index is 2.61. The van der Waals surface area contributed by atoms with Crippen LogP contribution >= 0.6 is 0 Å². The van der Waals surface area contributed by atoms with E-state index in [2.05, 4.69) is 5.32 Å². The Hall–Kier alpha value is -2.03. The number of hydrogen-bond acceptors (Lipinski definition) is 2. The minimum Gasteiger partial charge on any atom is -0.352 e. The van der Waals surface area contributed by atoms with Gasteiger partial charge in [-0.3, -0.25) is 4.79 Å². The van der Waals surface area contributed by atoms with Gasteiger partial charge in [0.2, 0.25) is 5.91 Å². The van der Waals surface area contributed by atoms with E-state index in [1.165, 1.54) is 12.1 Å².